The monoisotopic (exact) mass is 275 g/mol. The van der Waals surface area contributed by atoms with E-state index in [0.717, 1.165) is 5.56 Å². The van der Waals surface area contributed by atoms with Crippen LogP contribution in [0.2, 0.25) is 0 Å². The van der Waals surface area contributed by atoms with Crippen molar-refractivity contribution in [3.63, 3.8) is 0 Å². The van der Waals surface area contributed by atoms with Crippen LogP contribution in [0.3, 0.4) is 0 Å². The van der Waals surface area contributed by atoms with Crippen LogP contribution in [0.1, 0.15) is 26.3 Å². The fourth-order valence-electron chi connectivity index (χ4n) is 2.38. The lowest BCUT2D eigenvalue weighted by molar-refractivity contribution is 0.590. The zero-order chi connectivity index (χ0) is 16.8. The molecule has 2 aromatic rings. The fourth-order valence-corrected chi connectivity index (χ4v) is 2.38. The number of nitrogen functional groups attached to an aromatic ring is 1. The molecule has 98 valence electrons. The van der Waals surface area contributed by atoms with Crippen molar-refractivity contribution in [2.45, 2.75) is 26.2 Å². The minimum Gasteiger partial charge on any atom is -0.398 e. The standard InChI is InChI=1S/C16H14B5N/c1-16(2,3)7-4-5-9(22)8(6-7)10-11(17)13(19)15(21)14(20)12(10)18/h4-6H,22H2,1-3H3. The maximum Gasteiger partial charge on any atom is 0.113 e. The number of benzene rings is 2. The maximum absolute atomic E-state index is 6.12. The molecule has 0 unspecified atom stereocenters. The number of anilines is 1. The van der Waals surface area contributed by atoms with Gasteiger partial charge in [0.2, 0.25) is 0 Å². The molecule has 1 nitrogen and oxygen atoms in total. The molecular weight excluding hydrogens is 260 g/mol. The Bertz CT molecular complexity index is 718. The molecule has 0 aromatic heterocycles. The molecule has 0 heterocycles. The van der Waals surface area contributed by atoms with Gasteiger partial charge in [-0.3, -0.25) is 0 Å². The van der Waals surface area contributed by atoms with Gasteiger partial charge in [-0.25, -0.2) is 0 Å². The van der Waals surface area contributed by atoms with E-state index in [1.54, 1.807) is 0 Å². The first-order valence-corrected chi connectivity index (χ1v) is 6.97. The summed E-state index contributed by atoms with van der Waals surface area (Å²) in [5.41, 5.74) is 10.2. The van der Waals surface area contributed by atoms with Crippen LogP contribution in [0.4, 0.5) is 5.69 Å². The smallest absolute Gasteiger partial charge is 0.113 e. The van der Waals surface area contributed by atoms with Gasteiger partial charge in [-0.15, -0.1) is 16.4 Å². The topological polar surface area (TPSA) is 26.0 Å². The molecule has 0 spiro atoms. The Balaban J connectivity index is 2.83. The van der Waals surface area contributed by atoms with Crippen molar-refractivity contribution in [3.05, 3.63) is 23.8 Å². The zero-order valence-corrected chi connectivity index (χ0v) is 13.2. The number of rotatable bonds is 1. The van der Waals surface area contributed by atoms with E-state index >= 15 is 0 Å². The molecule has 22 heavy (non-hydrogen) atoms. The van der Waals surface area contributed by atoms with Crippen molar-refractivity contribution in [3.8, 4) is 11.1 Å². The van der Waals surface area contributed by atoms with Crippen molar-refractivity contribution in [1.82, 2.24) is 0 Å². The second-order valence-electron chi connectivity index (χ2n) is 6.50. The van der Waals surface area contributed by atoms with Crippen LogP contribution in [0.25, 0.3) is 11.1 Å². The molecule has 2 N–H and O–H groups in total. The van der Waals surface area contributed by atoms with E-state index in [2.05, 4.69) is 20.8 Å². The van der Waals surface area contributed by atoms with Crippen LogP contribution in [-0.4, -0.2) is 39.2 Å². The number of hydrogen-bond acceptors (Lipinski definition) is 1. The third-order valence-corrected chi connectivity index (χ3v) is 3.89. The Labute approximate surface area is 139 Å². The Morgan fingerprint density at radius 1 is 0.773 bits per heavy atom. The number of hydrogen-bond donors (Lipinski definition) is 1. The molecule has 2 rings (SSSR count). The second-order valence-corrected chi connectivity index (χ2v) is 6.50. The lowest BCUT2D eigenvalue weighted by atomic mass is 9.59. The van der Waals surface area contributed by atoms with Crippen LogP contribution >= 0.6 is 0 Å². The van der Waals surface area contributed by atoms with Crippen LogP contribution in [0.5, 0.6) is 0 Å². The van der Waals surface area contributed by atoms with Gasteiger partial charge in [0.05, 0.1) is 0 Å². The fraction of sp³-hybridized carbons (Fsp3) is 0.250. The maximum atomic E-state index is 6.12. The molecule has 0 aliphatic heterocycles. The molecule has 0 amide bonds. The summed E-state index contributed by atoms with van der Waals surface area (Å²) in [4.78, 5) is 0. The predicted molar refractivity (Wildman–Crippen MR) is 102 cm³/mol. The summed E-state index contributed by atoms with van der Waals surface area (Å²) in [6.07, 6.45) is 0. The molecule has 10 radical (unpaired) electrons. The molecule has 6 heteroatoms. The van der Waals surface area contributed by atoms with Gasteiger partial charge in [-0.2, -0.15) is 0 Å². The quantitative estimate of drug-likeness (QED) is 0.482. The van der Waals surface area contributed by atoms with E-state index in [9.17, 15) is 0 Å². The highest BCUT2D eigenvalue weighted by atomic mass is 14.6. The number of nitrogens with two attached hydrogens (primary N) is 1. The lowest BCUT2D eigenvalue weighted by Gasteiger charge is -2.25. The first kappa shape index (κ1) is 16.9. The normalized spacial score (nSPS) is 11.6. The van der Waals surface area contributed by atoms with Crippen LogP contribution in [-0.2, 0) is 5.41 Å². The highest BCUT2D eigenvalue weighted by molar-refractivity contribution is 6.68. The Kier molecular flexibility index (Phi) is 4.34. The summed E-state index contributed by atoms with van der Waals surface area (Å²) in [7, 11) is 29.9. The first-order chi connectivity index (χ1) is 10.1. The molecule has 0 aliphatic carbocycles. The third-order valence-electron chi connectivity index (χ3n) is 3.89. The van der Waals surface area contributed by atoms with Crippen molar-refractivity contribution in [2.75, 3.05) is 5.73 Å². The van der Waals surface area contributed by atoms with Crippen molar-refractivity contribution in [1.29, 1.82) is 0 Å². The highest BCUT2D eigenvalue weighted by Gasteiger charge is 2.18. The second kappa shape index (κ2) is 5.64. The molecular formula is C16H14B5N. The van der Waals surface area contributed by atoms with Crippen molar-refractivity contribution < 1.29 is 0 Å². The van der Waals surface area contributed by atoms with Gasteiger partial charge in [-0.1, -0.05) is 37.8 Å². The summed E-state index contributed by atoms with van der Waals surface area (Å²) in [6.45, 7) is 6.34. The zero-order valence-electron chi connectivity index (χ0n) is 13.2. The molecule has 2 aromatic carbocycles. The minimum atomic E-state index is -0.0448. The van der Waals surface area contributed by atoms with E-state index in [1.165, 1.54) is 0 Å². The van der Waals surface area contributed by atoms with Crippen LogP contribution in [0, 0.1) is 0 Å². The Morgan fingerprint density at radius 3 is 1.68 bits per heavy atom. The minimum absolute atomic E-state index is 0.0448. The molecule has 0 fully saturated rings. The van der Waals surface area contributed by atoms with Crippen molar-refractivity contribution >= 4 is 72.2 Å². The summed E-state index contributed by atoms with van der Waals surface area (Å²) < 4.78 is 0. The van der Waals surface area contributed by atoms with Gasteiger partial charge in [-0.05, 0) is 28.7 Å². The van der Waals surface area contributed by atoms with Gasteiger partial charge >= 0.3 is 0 Å². The summed E-state index contributed by atoms with van der Waals surface area (Å²) >= 11 is 0. The first-order valence-electron chi connectivity index (χ1n) is 6.97. The largest absolute Gasteiger partial charge is 0.398 e. The Morgan fingerprint density at radius 2 is 1.23 bits per heavy atom. The van der Waals surface area contributed by atoms with E-state index in [1.807, 2.05) is 18.2 Å². The van der Waals surface area contributed by atoms with Gasteiger partial charge in [0, 0.05) is 11.3 Å². The molecule has 0 saturated heterocycles. The summed E-state index contributed by atoms with van der Waals surface area (Å²) in [6, 6.07) is 5.78. The lowest BCUT2D eigenvalue weighted by Crippen LogP contribution is -2.55. The van der Waals surface area contributed by atoms with Gasteiger partial charge in [0.25, 0.3) is 0 Å². The molecule has 0 bridgehead atoms. The van der Waals surface area contributed by atoms with Crippen LogP contribution in [0.15, 0.2) is 18.2 Å². The average Bonchev–Trinajstić information content (AvgIpc) is 2.44. The van der Waals surface area contributed by atoms with Gasteiger partial charge in [0.15, 0.2) is 0 Å². The summed E-state index contributed by atoms with van der Waals surface area (Å²) in [5.74, 6) is 0. The summed E-state index contributed by atoms with van der Waals surface area (Å²) in [5, 5.41) is 0. The third kappa shape index (κ3) is 2.76. The van der Waals surface area contributed by atoms with Crippen LogP contribution < -0.4 is 33.0 Å². The highest BCUT2D eigenvalue weighted by Crippen LogP contribution is 2.30. The molecule has 0 atom stereocenters. The van der Waals surface area contributed by atoms with Gasteiger partial charge in [0.1, 0.15) is 39.2 Å². The molecule has 0 aliphatic rings. The Hall–Kier alpha value is -1.44. The predicted octanol–water partition coefficient (Wildman–Crippen LogP) is -1.80. The van der Waals surface area contributed by atoms with E-state index < -0.39 is 0 Å². The molecule has 0 saturated carbocycles. The van der Waals surface area contributed by atoms with Gasteiger partial charge < -0.3 is 5.73 Å². The van der Waals surface area contributed by atoms with E-state index in [0.29, 0.717) is 27.7 Å². The average molecular weight is 274 g/mol. The van der Waals surface area contributed by atoms with Crippen molar-refractivity contribution in [2.24, 2.45) is 0 Å². The SMILES string of the molecule is [B]c1c([B])c([B])c(-c2cc(C(C)(C)C)ccc2N)c([B])c1[B]. The van der Waals surface area contributed by atoms with E-state index in [-0.39, 0.29) is 21.8 Å². The van der Waals surface area contributed by atoms with E-state index in [4.69, 9.17) is 45.0 Å².